The lowest BCUT2D eigenvalue weighted by molar-refractivity contribution is 0.332. The molecule has 0 unspecified atom stereocenters. The molecule has 0 N–H and O–H groups in total. The maximum atomic E-state index is 8.30. The van der Waals surface area contributed by atoms with Gasteiger partial charge in [-0.1, -0.05) is 152 Å². The van der Waals surface area contributed by atoms with E-state index in [2.05, 4.69) is 193 Å². The Balaban J connectivity index is 1.22. The zero-order valence-corrected chi connectivity index (χ0v) is 47.2. The quantitative estimate of drug-likeness (QED) is 0.163. The zero-order valence-electron chi connectivity index (χ0n) is 49.4. The molecule has 3 aliphatic carbocycles. The fourth-order valence-electron chi connectivity index (χ4n) is 14.1. The Bertz CT molecular complexity index is 3560. The molecule has 0 fully saturated rings. The molecule has 0 saturated heterocycles. The number of nitrogens with zero attached hydrogens (tertiary/aromatic N) is 2. The monoisotopic (exact) mass is 970 g/mol. The Kier molecular flexibility index (Phi) is 9.43. The lowest BCUT2D eigenvalue weighted by atomic mass is 9.35. The number of hydrogen-bond acceptors (Lipinski definition) is 3. The Morgan fingerprint density at radius 1 is 0.500 bits per heavy atom. The van der Waals surface area contributed by atoms with Crippen molar-refractivity contribution in [2.24, 2.45) is 0 Å². The zero-order chi connectivity index (χ0) is 53.7. The fraction of sp³-hybridized carbons (Fsp3) is 0.441. The van der Waals surface area contributed by atoms with Gasteiger partial charge >= 0.3 is 0 Å². The summed E-state index contributed by atoms with van der Waals surface area (Å²) < 4.78 is 27.7. The van der Waals surface area contributed by atoms with Gasteiger partial charge in [0.2, 0.25) is 0 Å². The molecule has 1 aromatic heterocycles. The number of aryl methyl sites for hydroxylation is 2. The van der Waals surface area contributed by atoms with Crippen molar-refractivity contribution in [3.05, 3.63) is 147 Å². The van der Waals surface area contributed by atoms with Crippen LogP contribution in [0.3, 0.4) is 0 Å². The predicted octanol–water partition coefficient (Wildman–Crippen LogP) is 17.6. The Hall–Kier alpha value is -5.06. The third-order valence-electron chi connectivity index (χ3n) is 19.1. The van der Waals surface area contributed by atoms with E-state index >= 15 is 0 Å². The molecule has 4 heteroatoms. The molecular weight excluding hydrogens is 888 g/mol. The highest BCUT2D eigenvalue weighted by Crippen LogP contribution is 2.56. The van der Waals surface area contributed by atoms with Gasteiger partial charge in [0.1, 0.15) is 0 Å². The van der Waals surface area contributed by atoms with Crippen LogP contribution in [0.25, 0.3) is 21.2 Å². The van der Waals surface area contributed by atoms with E-state index in [0.717, 1.165) is 36.1 Å². The number of rotatable bonds is 3. The molecule has 370 valence electrons. The largest absolute Gasteiger partial charge is 0.311 e. The molecule has 0 atom stereocenters. The van der Waals surface area contributed by atoms with Crippen LogP contribution in [0.2, 0.25) is 0 Å². The molecule has 7 aromatic rings. The van der Waals surface area contributed by atoms with Crippen LogP contribution in [0.4, 0.5) is 34.1 Å². The number of thiophene rings is 1. The van der Waals surface area contributed by atoms with Gasteiger partial charge in [0.25, 0.3) is 6.71 Å². The van der Waals surface area contributed by atoms with Gasteiger partial charge in [-0.3, -0.25) is 0 Å². The average molecular weight is 970 g/mol. The summed E-state index contributed by atoms with van der Waals surface area (Å²) in [6, 6.07) is 37.9. The van der Waals surface area contributed by atoms with Gasteiger partial charge in [-0.2, -0.15) is 0 Å². The minimum atomic E-state index is -2.19. The molecule has 0 spiro atoms. The highest BCUT2D eigenvalue weighted by atomic mass is 32.1. The van der Waals surface area contributed by atoms with Gasteiger partial charge in [-0.05, 0) is 206 Å². The number of benzene rings is 6. The fourth-order valence-corrected chi connectivity index (χ4v) is 15.4. The van der Waals surface area contributed by atoms with E-state index in [1.54, 1.807) is 0 Å². The first-order valence-electron chi connectivity index (χ1n) is 28.7. The van der Waals surface area contributed by atoms with E-state index in [0.29, 0.717) is 5.56 Å². The lowest BCUT2D eigenvalue weighted by Gasteiger charge is -2.47. The lowest BCUT2D eigenvalue weighted by Crippen LogP contribution is -2.61. The summed E-state index contributed by atoms with van der Waals surface area (Å²) in [4.78, 5) is 5.35. The van der Waals surface area contributed by atoms with Gasteiger partial charge < -0.3 is 9.80 Å². The van der Waals surface area contributed by atoms with Crippen molar-refractivity contribution in [1.29, 1.82) is 0 Å². The molecule has 0 bridgehead atoms. The van der Waals surface area contributed by atoms with Crippen molar-refractivity contribution in [1.82, 2.24) is 0 Å². The normalized spacial score (nSPS) is 21.1. The van der Waals surface area contributed by atoms with E-state index < -0.39 is 6.85 Å². The Labute approximate surface area is 442 Å². The Morgan fingerprint density at radius 2 is 1.03 bits per heavy atom. The van der Waals surface area contributed by atoms with E-state index in [1.807, 2.05) is 35.6 Å². The number of fused-ring (bicyclic) bond motifs is 9. The Morgan fingerprint density at radius 3 is 1.61 bits per heavy atom. The van der Waals surface area contributed by atoms with Crippen molar-refractivity contribution in [2.45, 2.75) is 194 Å². The van der Waals surface area contributed by atoms with Crippen LogP contribution in [-0.2, 0) is 37.9 Å². The summed E-state index contributed by atoms with van der Waals surface area (Å²) in [6.07, 6.45) is 6.93. The standard InChI is InChI=1S/C68H79BN2S/c1-40-18-20-42(21-19-40)45-34-43(62(3,4)5)22-25-54(45)71-55-38-51-50(66(12,13)29-30-67(51,14)15)37-53(55)69-59-56(32-41(2)33-57(59)71)70(44-23-24-47-48(35-44)64(8,9)27-26-63(47,6)7)60-46-36-49-52(39-58(46)72-61(60)69)68(16,17)31-28-65(49,10)11/h18-25,32-39H,26-31H2,1-17H3/i1D3. The molecular formula is C68H79BN2S. The van der Waals surface area contributed by atoms with Gasteiger partial charge in [-0.15, -0.1) is 11.3 Å². The topological polar surface area (TPSA) is 6.48 Å². The predicted molar refractivity (Wildman–Crippen MR) is 315 cm³/mol. The minimum Gasteiger partial charge on any atom is -0.311 e. The highest BCUT2D eigenvalue weighted by molar-refractivity contribution is 7.33. The van der Waals surface area contributed by atoms with Gasteiger partial charge in [0.15, 0.2) is 0 Å². The first-order valence-corrected chi connectivity index (χ1v) is 28.1. The first kappa shape index (κ1) is 44.4. The number of hydrogen-bond donors (Lipinski definition) is 0. The summed E-state index contributed by atoms with van der Waals surface area (Å²) in [5.41, 5.74) is 24.1. The second kappa shape index (κ2) is 15.3. The highest BCUT2D eigenvalue weighted by Gasteiger charge is 2.49. The summed E-state index contributed by atoms with van der Waals surface area (Å²) in [7, 11) is 0. The van der Waals surface area contributed by atoms with E-state index in [-0.39, 0.29) is 44.6 Å². The second-order valence-corrected chi connectivity index (χ2v) is 29.2. The van der Waals surface area contributed by atoms with Crippen molar-refractivity contribution < 1.29 is 4.11 Å². The maximum absolute atomic E-state index is 8.30. The van der Waals surface area contributed by atoms with Crippen LogP contribution in [-0.4, -0.2) is 6.71 Å². The second-order valence-electron chi connectivity index (χ2n) is 28.1. The molecule has 2 nitrogen and oxygen atoms in total. The van der Waals surface area contributed by atoms with Crippen molar-refractivity contribution in [2.75, 3.05) is 9.80 Å². The minimum absolute atomic E-state index is 0.00520. The molecule has 0 radical (unpaired) electrons. The summed E-state index contributed by atoms with van der Waals surface area (Å²) in [5, 5.41) is 1.37. The summed E-state index contributed by atoms with van der Waals surface area (Å²) in [5.74, 6) is 0. The van der Waals surface area contributed by atoms with Crippen molar-refractivity contribution in [3.8, 4) is 11.1 Å². The molecule has 0 amide bonds. The molecule has 6 aromatic carbocycles. The van der Waals surface area contributed by atoms with Gasteiger partial charge in [0.05, 0.1) is 11.4 Å². The molecule has 3 heterocycles. The van der Waals surface area contributed by atoms with Crippen molar-refractivity contribution in [3.63, 3.8) is 0 Å². The smallest absolute Gasteiger partial charge is 0.264 e. The third-order valence-corrected chi connectivity index (χ3v) is 20.4. The SMILES string of the molecule is [2H]C([2H])([2H])c1ccc(-c2cc(C(C)(C)C)ccc2N2c3cc4c(cc3B3c5sc6cc7c(cc6c5N(c5ccc6c(c5)C(C)(C)CCC6(C)C)c5cc(C)cc2c53)C(C)(C)CCC7(C)C)C(C)(C)CCC4(C)C)cc1. The van der Waals surface area contributed by atoms with Crippen LogP contribution < -0.4 is 25.5 Å². The van der Waals surface area contributed by atoms with E-state index in [4.69, 9.17) is 4.11 Å². The van der Waals surface area contributed by atoms with Crippen LogP contribution in [0, 0.1) is 13.8 Å². The molecule has 2 aliphatic heterocycles. The molecule has 12 rings (SSSR count). The summed E-state index contributed by atoms with van der Waals surface area (Å²) in [6.45, 7) is 36.5. The third kappa shape index (κ3) is 7.06. The maximum Gasteiger partial charge on any atom is 0.264 e. The van der Waals surface area contributed by atoms with E-state index in [1.165, 1.54) is 118 Å². The first-order chi connectivity index (χ1) is 34.8. The van der Waals surface area contributed by atoms with Crippen LogP contribution in [0.5, 0.6) is 0 Å². The number of anilines is 6. The molecule has 0 saturated carbocycles. The van der Waals surface area contributed by atoms with Crippen molar-refractivity contribution >= 4 is 78.0 Å². The summed E-state index contributed by atoms with van der Waals surface area (Å²) >= 11 is 2.04. The van der Waals surface area contributed by atoms with Gasteiger partial charge in [0, 0.05) is 47.3 Å². The molecule has 5 aliphatic rings. The van der Waals surface area contributed by atoms with E-state index in [9.17, 15) is 0 Å². The van der Waals surface area contributed by atoms with Crippen LogP contribution in [0.15, 0.2) is 97.1 Å². The van der Waals surface area contributed by atoms with Gasteiger partial charge in [-0.25, -0.2) is 0 Å². The van der Waals surface area contributed by atoms with Crippen LogP contribution in [0.1, 0.15) is 197 Å². The van der Waals surface area contributed by atoms with Crippen LogP contribution >= 0.6 is 11.3 Å². The molecule has 72 heavy (non-hydrogen) atoms. The average Bonchev–Trinajstić information content (AvgIpc) is 3.71.